The molecule has 0 bridgehead atoms. The minimum atomic E-state index is -3.03. The van der Waals surface area contributed by atoms with Gasteiger partial charge in [0, 0.05) is 0 Å². The molecule has 46 heavy (non-hydrogen) atoms. The van der Waals surface area contributed by atoms with E-state index in [1.54, 1.807) is 13.8 Å². The van der Waals surface area contributed by atoms with Gasteiger partial charge in [0.05, 0.1) is 0 Å². The molecule has 0 saturated carbocycles. The van der Waals surface area contributed by atoms with E-state index in [1.165, 1.54) is 7.11 Å². The van der Waals surface area contributed by atoms with Crippen LogP contribution in [-0.2, 0) is 75.1 Å². The summed E-state index contributed by atoms with van der Waals surface area (Å²) in [6.07, 6.45) is 1.04. The maximum atomic E-state index is 13.6. The van der Waals surface area contributed by atoms with Crippen LogP contribution in [0, 0.1) is 5.41 Å². The fraction of sp³-hybridized carbons (Fsp3) is 0.900. The second-order valence-electron chi connectivity index (χ2n) is 15.6. The van der Waals surface area contributed by atoms with Crippen LogP contribution < -0.4 is 0 Å². The van der Waals surface area contributed by atoms with Gasteiger partial charge in [0.25, 0.3) is 0 Å². The molecule has 0 aromatic heterocycles. The molecule has 0 radical (unpaired) electrons. The van der Waals surface area contributed by atoms with Gasteiger partial charge in [0.2, 0.25) is 0 Å². The first-order valence-corrected chi connectivity index (χ1v) is 30.6. The van der Waals surface area contributed by atoms with Gasteiger partial charge in [-0.15, -0.1) is 0 Å². The summed E-state index contributed by atoms with van der Waals surface area (Å²) in [6, 6.07) is 0.586. The summed E-state index contributed by atoms with van der Waals surface area (Å²) in [4.78, 5) is 39.3. The van der Waals surface area contributed by atoms with E-state index in [-0.39, 0.29) is 37.2 Å². The van der Waals surface area contributed by atoms with Crippen molar-refractivity contribution in [2.24, 2.45) is 5.41 Å². The summed E-state index contributed by atoms with van der Waals surface area (Å²) in [7, 11) is -7.69. The van der Waals surface area contributed by atoms with Crippen molar-refractivity contribution in [3.8, 4) is 0 Å². The molecule has 16 heteroatoms. The van der Waals surface area contributed by atoms with Crippen LogP contribution in [0.25, 0.3) is 0 Å². The van der Waals surface area contributed by atoms with E-state index in [9.17, 15) is 14.4 Å². The molecule has 0 amide bonds. The van der Waals surface area contributed by atoms with E-state index in [0.29, 0.717) is 36.2 Å². The van der Waals surface area contributed by atoms with Gasteiger partial charge in [-0.3, -0.25) is 0 Å². The van der Waals surface area contributed by atoms with E-state index in [4.69, 9.17) is 31.3 Å². The van der Waals surface area contributed by atoms with Crippen LogP contribution in [0.1, 0.15) is 47.5 Å². The fourth-order valence-corrected chi connectivity index (χ4v) is 21.9. The molecule has 1 heterocycles. The average Bonchev–Trinajstić information content (AvgIpc) is 3.72. The zero-order valence-electron chi connectivity index (χ0n) is 31.0. The molecule has 1 rings (SSSR count). The molecular formula is C30H62Co2O10Si4. The quantitative estimate of drug-likeness (QED) is 0.0362. The van der Waals surface area contributed by atoms with Gasteiger partial charge in [-0.05, 0) is 0 Å². The van der Waals surface area contributed by atoms with E-state index in [1.807, 2.05) is 20.8 Å². The number of epoxide rings is 1. The fourth-order valence-electron chi connectivity index (χ4n) is 3.94. The Labute approximate surface area is 295 Å². The number of carbonyl (C=O) groups is 3. The molecule has 0 N–H and O–H groups in total. The molecule has 0 aromatic carbocycles. The standard InChI is InChI=1S/C17H41O5Si4.C7H10O3.C6H11O2.2Co/c1-12-16(2)17(18)19-14-13-15-26(20-23(3,4)5,21-24(6,7)8)22-25(9,10)11;1-5(2)7(8)10-4-6-3-9-6;1-6(2,3)5(7)8-4;;/h12-15H2,1-11H3;6H,1,3-4H2,2H3;1H2,2-4H3;;. The Morgan fingerprint density at radius 1 is 0.739 bits per heavy atom. The molecule has 3 unspecified atom stereocenters. The van der Waals surface area contributed by atoms with E-state index >= 15 is 0 Å². The van der Waals surface area contributed by atoms with Crippen molar-refractivity contribution in [2.45, 2.75) is 138 Å². The third-order valence-corrected chi connectivity index (χ3v) is 23.3. The van der Waals surface area contributed by atoms with Gasteiger partial charge in [0.15, 0.2) is 0 Å². The Bertz CT molecular complexity index is 984. The topological polar surface area (TPSA) is 119 Å². The number of hydrogen-bond donors (Lipinski definition) is 0. The van der Waals surface area contributed by atoms with Crippen LogP contribution in [0.5, 0.6) is 0 Å². The van der Waals surface area contributed by atoms with Crippen molar-refractivity contribution in [3.63, 3.8) is 0 Å². The zero-order valence-corrected chi connectivity index (χ0v) is 37.1. The van der Waals surface area contributed by atoms with E-state index < -0.39 is 47.9 Å². The van der Waals surface area contributed by atoms with Crippen molar-refractivity contribution >= 4 is 51.7 Å². The third-order valence-electron chi connectivity index (χ3n) is 6.42. The molecule has 3 atom stereocenters. The molecule has 0 spiro atoms. The molecule has 1 fully saturated rings. The molecule has 1 aliphatic heterocycles. The molecule has 1 aliphatic rings. The van der Waals surface area contributed by atoms with E-state index in [2.05, 4.69) is 58.9 Å². The average molecular weight is 813 g/mol. The minimum absolute atomic E-state index is 0.0608. The monoisotopic (exact) mass is 812 g/mol. The van der Waals surface area contributed by atoms with Gasteiger partial charge in [-0.2, -0.15) is 0 Å². The summed E-state index contributed by atoms with van der Waals surface area (Å²) >= 11 is 1.54. The first-order chi connectivity index (χ1) is 20.7. The normalized spacial score (nSPS) is 18.9. The third kappa shape index (κ3) is 16.2. The van der Waals surface area contributed by atoms with Gasteiger partial charge in [-0.25, -0.2) is 0 Å². The van der Waals surface area contributed by atoms with Gasteiger partial charge in [-0.1, -0.05) is 0 Å². The van der Waals surface area contributed by atoms with Crippen LogP contribution >= 0.6 is 0 Å². The second-order valence-corrected chi connectivity index (χ2v) is 36.4. The number of esters is 3. The Balaban J connectivity index is 3.03. The summed E-state index contributed by atoms with van der Waals surface area (Å²) in [5.41, 5.74) is -0.782. The molecule has 10 nitrogen and oxygen atoms in total. The van der Waals surface area contributed by atoms with Crippen LogP contribution in [0.15, 0.2) is 0 Å². The predicted octanol–water partition coefficient (Wildman–Crippen LogP) is 7.32. The van der Waals surface area contributed by atoms with E-state index in [0.717, 1.165) is 29.4 Å². The Hall–Kier alpha value is 0.131. The van der Waals surface area contributed by atoms with Crippen LogP contribution in [0.3, 0.4) is 0 Å². The molecule has 1 saturated heterocycles. The summed E-state index contributed by atoms with van der Waals surface area (Å²) in [5, 5.41) is 0.757. The van der Waals surface area contributed by atoms with Crippen molar-refractivity contribution in [3.05, 3.63) is 0 Å². The van der Waals surface area contributed by atoms with Crippen molar-refractivity contribution in [1.29, 1.82) is 0 Å². The summed E-state index contributed by atoms with van der Waals surface area (Å²) < 4.78 is 40.2. The first-order valence-electron chi connectivity index (χ1n) is 16.0. The van der Waals surface area contributed by atoms with Crippen LogP contribution in [-0.4, -0.2) is 84.7 Å². The summed E-state index contributed by atoms with van der Waals surface area (Å²) in [6.45, 7) is 29.7. The molecular weight excluding hydrogens is 751 g/mol. The first kappa shape index (κ1) is 44.2. The van der Waals surface area contributed by atoms with Crippen LogP contribution in [0.4, 0.5) is 0 Å². The van der Waals surface area contributed by atoms with Crippen LogP contribution in [0.2, 0.25) is 84.4 Å². The Kier molecular flexibility index (Phi) is 16.7. The number of carbonyl (C=O) groups excluding carboxylic acids is 3. The maximum absolute atomic E-state index is 13.6. The van der Waals surface area contributed by atoms with Crippen molar-refractivity contribution in [2.75, 3.05) is 26.9 Å². The van der Waals surface area contributed by atoms with Crippen molar-refractivity contribution in [1.82, 2.24) is 0 Å². The Morgan fingerprint density at radius 3 is 1.61 bits per heavy atom. The molecule has 0 aromatic rings. The number of rotatable bonds is 22. The number of methoxy groups -OCH3 is 1. The summed E-state index contributed by atoms with van der Waals surface area (Å²) in [5.74, 6) is -1.01. The van der Waals surface area contributed by atoms with Gasteiger partial charge >= 0.3 is 297 Å². The van der Waals surface area contributed by atoms with Gasteiger partial charge in [0.1, 0.15) is 0 Å². The molecule has 276 valence electrons. The van der Waals surface area contributed by atoms with Crippen molar-refractivity contribution < 1.29 is 75.1 Å². The van der Waals surface area contributed by atoms with Gasteiger partial charge < -0.3 is 0 Å². The predicted molar refractivity (Wildman–Crippen MR) is 183 cm³/mol. The number of hydrogen-bond acceptors (Lipinski definition) is 10. The second kappa shape index (κ2) is 17.4. The SMILES string of the molecule is CC[C](C)([Co][CH2][C](C)([Co][CH2]C(C)(C)C(=O)OC)C(=O)OCC1CO1)C(=O)OCCC[Si](O[Si](C)(C)C)(O[Si](C)(C)C)O[Si](C)(C)C. The molecule has 0 aliphatic carbocycles. The Morgan fingerprint density at radius 2 is 1.20 bits per heavy atom. The zero-order chi connectivity index (χ0) is 35.8. The number of ether oxygens (including phenoxy) is 4.